The second kappa shape index (κ2) is 6.61. The zero-order chi connectivity index (χ0) is 11.2. The molecule has 2 N–H and O–H groups in total. The lowest BCUT2D eigenvalue weighted by Gasteiger charge is -2.22. The first kappa shape index (κ1) is 12.4. The van der Waals surface area contributed by atoms with E-state index in [1.54, 1.807) is 0 Å². The standard InChI is InChI=1S/C14H27NO/c15-10-12-6-5-7-13(12)11-16-14-8-3-1-2-4-9-14/h12-14H,1-11,15H2. The first-order valence-corrected chi connectivity index (χ1v) is 7.22. The topological polar surface area (TPSA) is 35.2 Å². The Morgan fingerprint density at radius 3 is 2.19 bits per heavy atom. The van der Waals surface area contributed by atoms with E-state index in [-0.39, 0.29) is 0 Å². The molecular formula is C14H27NO. The predicted molar refractivity (Wildman–Crippen MR) is 67.3 cm³/mol. The number of rotatable bonds is 4. The van der Waals surface area contributed by atoms with Crippen LogP contribution >= 0.6 is 0 Å². The van der Waals surface area contributed by atoms with Crippen molar-refractivity contribution in [1.82, 2.24) is 0 Å². The van der Waals surface area contributed by atoms with Crippen molar-refractivity contribution in [2.24, 2.45) is 17.6 Å². The van der Waals surface area contributed by atoms with Crippen LogP contribution in [0.5, 0.6) is 0 Å². The van der Waals surface area contributed by atoms with Gasteiger partial charge in [0.25, 0.3) is 0 Å². The van der Waals surface area contributed by atoms with Crippen LogP contribution in [0, 0.1) is 11.8 Å². The Hall–Kier alpha value is -0.0800. The van der Waals surface area contributed by atoms with Crippen molar-refractivity contribution >= 4 is 0 Å². The lowest BCUT2D eigenvalue weighted by atomic mass is 9.97. The van der Waals surface area contributed by atoms with Crippen LogP contribution in [0.25, 0.3) is 0 Å². The number of hydrogen-bond acceptors (Lipinski definition) is 2. The Morgan fingerprint density at radius 1 is 0.812 bits per heavy atom. The van der Waals surface area contributed by atoms with E-state index in [1.807, 2.05) is 0 Å². The molecule has 2 saturated carbocycles. The molecule has 0 saturated heterocycles. The highest BCUT2D eigenvalue weighted by Crippen LogP contribution is 2.32. The minimum atomic E-state index is 0.557. The molecule has 16 heavy (non-hydrogen) atoms. The largest absolute Gasteiger partial charge is 0.378 e. The molecule has 0 aromatic rings. The molecule has 0 radical (unpaired) electrons. The number of hydrogen-bond donors (Lipinski definition) is 1. The van der Waals surface area contributed by atoms with E-state index in [1.165, 1.54) is 57.8 Å². The van der Waals surface area contributed by atoms with Gasteiger partial charge in [0.2, 0.25) is 0 Å². The average molecular weight is 225 g/mol. The average Bonchev–Trinajstić information content (AvgIpc) is 2.60. The second-order valence-corrected chi connectivity index (χ2v) is 5.63. The molecule has 2 unspecified atom stereocenters. The molecule has 2 rings (SSSR count). The van der Waals surface area contributed by atoms with Gasteiger partial charge in [-0.2, -0.15) is 0 Å². The predicted octanol–water partition coefficient (Wildman–Crippen LogP) is 3.10. The lowest BCUT2D eigenvalue weighted by Crippen LogP contribution is -2.24. The molecule has 2 heteroatoms. The first-order chi connectivity index (χ1) is 7.90. The maximum absolute atomic E-state index is 6.12. The highest BCUT2D eigenvalue weighted by molar-refractivity contribution is 4.78. The van der Waals surface area contributed by atoms with Crippen LogP contribution in [0.4, 0.5) is 0 Å². The Balaban J connectivity index is 1.69. The summed E-state index contributed by atoms with van der Waals surface area (Å²) < 4.78 is 6.12. The van der Waals surface area contributed by atoms with Crippen LogP contribution in [0.2, 0.25) is 0 Å². The second-order valence-electron chi connectivity index (χ2n) is 5.63. The van der Waals surface area contributed by atoms with E-state index in [4.69, 9.17) is 10.5 Å². The SMILES string of the molecule is NCC1CCCC1COC1CCCCCC1. The molecule has 94 valence electrons. The minimum Gasteiger partial charge on any atom is -0.378 e. The summed E-state index contributed by atoms with van der Waals surface area (Å²) in [6.07, 6.45) is 12.7. The van der Waals surface area contributed by atoms with Crippen LogP contribution in [-0.2, 0) is 4.74 Å². The zero-order valence-electron chi connectivity index (χ0n) is 10.5. The van der Waals surface area contributed by atoms with Gasteiger partial charge in [0.1, 0.15) is 0 Å². The summed E-state index contributed by atoms with van der Waals surface area (Å²) in [6, 6.07) is 0. The van der Waals surface area contributed by atoms with Gasteiger partial charge in [0.05, 0.1) is 12.7 Å². The van der Waals surface area contributed by atoms with Crippen LogP contribution in [0.15, 0.2) is 0 Å². The summed E-state index contributed by atoms with van der Waals surface area (Å²) in [5.41, 5.74) is 5.80. The van der Waals surface area contributed by atoms with Gasteiger partial charge in [0.15, 0.2) is 0 Å². The molecule has 0 aliphatic heterocycles. The Bertz CT molecular complexity index is 187. The molecule has 0 spiro atoms. The Morgan fingerprint density at radius 2 is 1.50 bits per heavy atom. The quantitative estimate of drug-likeness (QED) is 0.746. The maximum atomic E-state index is 6.12. The summed E-state index contributed by atoms with van der Waals surface area (Å²) in [7, 11) is 0. The smallest absolute Gasteiger partial charge is 0.0575 e. The van der Waals surface area contributed by atoms with E-state index in [0.29, 0.717) is 6.10 Å². The van der Waals surface area contributed by atoms with Crippen molar-refractivity contribution in [2.45, 2.75) is 63.9 Å². The van der Waals surface area contributed by atoms with Crippen molar-refractivity contribution in [3.05, 3.63) is 0 Å². The van der Waals surface area contributed by atoms with Crippen molar-refractivity contribution in [1.29, 1.82) is 0 Å². The number of ether oxygens (including phenoxy) is 1. The van der Waals surface area contributed by atoms with Crippen LogP contribution in [0.3, 0.4) is 0 Å². The summed E-state index contributed by atoms with van der Waals surface area (Å²) >= 11 is 0. The van der Waals surface area contributed by atoms with Crippen LogP contribution < -0.4 is 5.73 Å². The summed E-state index contributed by atoms with van der Waals surface area (Å²) in [6.45, 7) is 1.84. The normalized spacial score (nSPS) is 32.8. The lowest BCUT2D eigenvalue weighted by molar-refractivity contribution is 0.0133. The molecular weight excluding hydrogens is 198 g/mol. The van der Waals surface area contributed by atoms with Crippen LogP contribution in [0.1, 0.15) is 57.8 Å². The monoisotopic (exact) mass is 225 g/mol. The molecule has 2 aliphatic rings. The zero-order valence-corrected chi connectivity index (χ0v) is 10.5. The fourth-order valence-electron chi connectivity index (χ4n) is 3.31. The van der Waals surface area contributed by atoms with Gasteiger partial charge in [-0.25, -0.2) is 0 Å². The van der Waals surface area contributed by atoms with Gasteiger partial charge in [-0.05, 0) is 44.1 Å². The molecule has 2 aliphatic carbocycles. The van der Waals surface area contributed by atoms with Crippen molar-refractivity contribution < 1.29 is 4.74 Å². The van der Waals surface area contributed by atoms with Gasteiger partial charge in [-0.1, -0.05) is 32.1 Å². The Labute approximate surface area is 99.9 Å². The molecule has 0 bridgehead atoms. The molecule has 2 fully saturated rings. The molecule has 2 nitrogen and oxygen atoms in total. The molecule has 0 aromatic heterocycles. The summed E-state index contributed by atoms with van der Waals surface area (Å²) in [4.78, 5) is 0. The van der Waals surface area contributed by atoms with E-state index in [9.17, 15) is 0 Å². The fourth-order valence-corrected chi connectivity index (χ4v) is 3.31. The van der Waals surface area contributed by atoms with E-state index in [2.05, 4.69) is 0 Å². The number of nitrogens with two attached hydrogens (primary N) is 1. The van der Waals surface area contributed by atoms with E-state index in [0.717, 1.165) is 25.0 Å². The molecule has 2 atom stereocenters. The molecule has 0 heterocycles. The van der Waals surface area contributed by atoms with Gasteiger partial charge in [-0.15, -0.1) is 0 Å². The highest BCUT2D eigenvalue weighted by atomic mass is 16.5. The van der Waals surface area contributed by atoms with Gasteiger partial charge >= 0.3 is 0 Å². The summed E-state index contributed by atoms with van der Waals surface area (Å²) in [5, 5.41) is 0. The van der Waals surface area contributed by atoms with Gasteiger partial charge in [0, 0.05) is 0 Å². The third-order valence-electron chi connectivity index (χ3n) is 4.47. The highest BCUT2D eigenvalue weighted by Gasteiger charge is 2.27. The molecule has 0 aromatic carbocycles. The van der Waals surface area contributed by atoms with Crippen molar-refractivity contribution in [3.63, 3.8) is 0 Å². The van der Waals surface area contributed by atoms with Gasteiger partial charge in [-0.3, -0.25) is 0 Å². The Kier molecular flexibility index (Phi) is 5.11. The van der Waals surface area contributed by atoms with Crippen molar-refractivity contribution in [3.8, 4) is 0 Å². The summed E-state index contributed by atoms with van der Waals surface area (Å²) in [5.74, 6) is 1.50. The van der Waals surface area contributed by atoms with Crippen molar-refractivity contribution in [2.75, 3.05) is 13.2 Å². The minimum absolute atomic E-state index is 0.557. The van der Waals surface area contributed by atoms with E-state index >= 15 is 0 Å². The van der Waals surface area contributed by atoms with Crippen LogP contribution in [-0.4, -0.2) is 19.3 Å². The fraction of sp³-hybridized carbons (Fsp3) is 1.00. The first-order valence-electron chi connectivity index (χ1n) is 7.22. The van der Waals surface area contributed by atoms with E-state index < -0.39 is 0 Å². The maximum Gasteiger partial charge on any atom is 0.0575 e. The molecule has 0 amide bonds. The third-order valence-corrected chi connectivity index (χ3v) is 4.47. The third kappa shape index (κ3) is 3.46. The van der Waals surface area contributed by atoms with Gasteiger partial charge < -0.3 is 10.5 Å².